The van der Waals surface area contributed by atoms with Gasteiger partial charge in [0.1, 0.15) is 18.2 Å². The third-order valence-corrected chi connectivity index (χ3v) is 6.29. The van der Waals surface area contributed by atoms with Gasteiger partial charge in [0.25, 0.3) is 0 Å². The first-order valence-corrected chi connectivity index (χ1v) is 15.0. The van der Waals surface area contributed by atoms with E-state index in [2.05, 4.69) is 39.1 Å². The molecule has 0 radical (unpaired) electrons. The topological polar surface area (TPSA) is 164 Å². The first-order valence-electron chi connectivity index (χ1n) is 12.7. The number of aromatic nitrogens is 4. The highest BCUT2D eigenvalue weighted by Crippen LogP contribution is 2.35. The van der Waals surface area contributed by atoms with Crippen LogP contribution in [-0.2, 0) is 27.1 Å². The first kappa shape index (κ1) is 32.8. The van der Waals surface area contributed by atoms with Gasteiger partial charge in [0.2, 0.25) is 6.79 Å². The van der Waals surface area contributed by atoms with Gasteiger partial charge in [-0.3, -0.25) is 9.88 Å². The molecule has 3 heterocycles. The van der Waals surface area contributed by atoms with Gasteiger partial charge in [0.05, 0.1) is 19.5 Å². The van der Waals surface area contributed by atoms with Crippen molar-refractivity contribution < 1.29 is 28.7 Å². The molecule has 4 rings (SSSR count). The van der Waals surface area contributed by atoms with E-state index in [0.29, 0.717) is 30.3 Å². The maximum atomic E-state index is 12.0. The molecule has 0 saturated carbocycles. The second-order valence-electron chi connectivity index (χ2n) is 7.67. The van der Waals surface area contributed by atoms with E-state index in [0.717, 1.165) is 17.9 Å². The third kappa shape index (κ3) is 10.6. The number of nitrogen functional groups attached to an aromatic ring is 1. The molecule has 38 heavy (non-hydrogen) atoms. The summed E-state index contributed by atoms with van der Waals surface area (Å²) in [5, 5.41) is 11.0. The van der Waals surface area contributed by atoms with Crippen LogP contribution in [0.25, 0.3) is 11.2 Å². The number of aliphatic carboxylic acids is 1. The van der Waals surface area contributed by atoms with Gasteiger partial charge in [-0.2, -0.15) is 0 Å². The highest BCUT2D eigenvalue weighted by atomic mass is 31.2. The second-order valence-corrected chi connectivity index (χ2v) is 10.4. The summed E-state index contributed by atoms with van der Waals surface area (Å²) in [5.41, 5.74) is 8.13. The number of carboxylic acids is 1. The minimum atomic E-state index is -2.83. The quantitative estimate of drug-likeness (QED) is 0.241. The van der Waals surface area contributed by atoms with E-state index >= 15 is 0 Å². The molecule has 13 heteroatoms. The monoisotopic (exact) mass is 552 g/mol. The van der Waals surface area contributed by atoms with Crippen LogP contribution in [0.2, 0.25) is 0 Å². The number of benzene rings is 1. The van der Waals surface area contributed by atoms with E-state index in [-0.39, 0.29) is 19.5 Å². The molecule has 212 valence electrons. The molecule has 3 aromatic rings. The van der Waals surface area contributed by atoms with Crippen molar-refractivity contribution in [2.75, 3.05) is 38.7 Å². The molecule has 1 unspecified atom stereocenters. The molecule has 0 amide bonds. The summed E-state index contributed by atoms with van der Waals surface area (Å²) < 4.78 is 29.5. The Balaban J connectivity index is 0.000000379. The number of nitrogens with zero attached hydrogens (tertiary/aromatic N) is 4. The zero-order chi connectivity index (χ0) is 28.6. The summed E-state index contributed by atoms with van der Waals surface area (Å²) in [5.74, 6) is 1.00. The Morgan fingerprint density at radius 2 is 1.89 bits per heavy atom. The molecule has 1 aromatic carbocycles. The summed E-state index contributed by atoms with van der Waals surface area (Å²) in [6, 6.07) is 6.14. The van der Waals surface area contributed by atoms with Crippen molar-refractivity contribution in [3.8, 4) is 11.5 Å². The smallest absolute Gasteiger partial charge is 0.317 e. The van der Waals surface area contributed by atoms with Crippen molar-refractivity contribution in [1.82, 2.24) is 24.6 Å². The number of ether oxygens (including phenoxy) is 3. The number of hydrogen-bond acceptors (Lipinski definition) is 9. The largest absolute Gasteiger partial charge is 0.480 e. The van der Waals surface area contributed by atoms with Gasteiger partial charge < -0.3 is 34.2 Å². The molecule has 0 bridgehead atoms. The second kappa shape index (κ2) is 17.3. The number of fused-ring (bicyclic) bond motifs is 2. The van der Waals surface area contributed by atoms with Gasteiger partial charge in [-0.1, -0.05) is 47.1 Å². The lowest BCUT2D eigenvalue weighted by Gasteiger charge is -2.14. The average molecular weight is 553 g/mol. The normalized spacial score (nSPS) is 12.7. The number of anilines is 1. The van der Waals surface area contributed by atoms with Crippen LogP contribution in [0.15, 0.2) is 30.9 Å². The highest BCUT2D eigenvalue weighted by Gasteiger charge is 2.16. The van der Waals surface area contributed by atoms with Crippen LogP contribution in [0.1, 0.15) is 46.6 Å². The molecule has 0 fully saturated rings. The predicted octanol–water partition coefficient (Wildman–Crippen LogP) is 4.38. The van der Waals surface area contributed by atoms with Crippen molar-refractivity contribution in [1.29, 1.82) is 0 Å². The van der Waals surface area contributed by atoms with E-state index in [4.69, 9.17) is 25.1 Å². The number of carbonyl (C=O) groups is 1. The van der Waals surface area contributed by atoms with E-state index in [1.807, 2.05) is 33.8 Å². The van der Waals surface area contributed by atoms with Crippen molar-refractivity contribution in [3.63, 3.8) is 0 Å². The maximum Gasteiger partial charge on any atom is 0.317 e. The van der Waals surface area contributed by atoms with Crippen LogP contribution in [0.4, 0.5) is 5.82 Å². The Morgan fingerprint density at radius 1 is 1.18 bits per heavy atom. The summed E-state index contributed by atoms with van der Waals surface area (Å²) in [6.07, 6.45) is 5.15. The zero-order valence-electron chi connectivity index (χ0n) is 23.1. The summed E-state index contributed by atoms with van der Waals surface area (Å²) >= 11 is 0. The summed E-state index contributed by atoms with van der Waals surface area (Å²) in [7, 11) is -2.83. The fraction of sp³-hybridized carbons (Fsp3) is 0.520. The van der Waals surface area contributed by atoms with Gasteiger partial charge >= 0.3 is 5.97 Å². The van der Waals surface area contributed by atoms with E-state index in [9.17, 15) is 9.36 Å². The van der Waals surface area contributed by atoms with Crippen LogP contribution in [0.5, 0.6) is 11.5 Å². The highest BCUT2D eigenvalue weighted by molar-refractivity contribution is 7.60. The number of carboxylic acid groups (broad SMARTS) is 1. The number of aryl methyl sites for hydroxylation is 1. The van der Waals surface area contributed by atoms with Crippen LogP contribution in [0, 0.1) is 0 Å². The lowest BCUT2D eigenvalue weighted by atomic mass is 10.1. The Morgan fingerprint density at radius 3 is 2.58 bits per heavy atom. The van der Waals surface area contributed by atoms with Gasteiger partial charge in [0, 0.05) is 13.2 Å². The molecule has 0 saturated heterocycles. The van der Waals surface area contributed by atoms with Crippen LogP contribution in [0.3, 0.4) is 0 Å². The van der Waals surface area contributed by atoms with Crippen molar-refractivity contribution in [2.24, 2.45) is 0 Å². The third-order valence-electron chi connectivity index (χ3n) is 4.78. The fourth-order valence-electron chi connectivity index (χ4n) is 3.13. The summed E-state index contributed by atoms with van der Waals surface area (Å²) in [4.78, 5) is 22.5. The number of rotatable bonds is 10. The van der Waals surface area contributed by atoms with Crippen molar-refractivity contribution in [2.45, 2.75) is 54.0 Å². The molecule has 2 aromatic heterocycles. The van der Waals surface area contributed by atoms with Crippen molar-refractivity contribution in [3.05, 3.63) is 36.4 Å². The Bertz CT molecular complexity index is 1170. The predicted molar refractivity (Wildman–Crippen MR) is 149 cm³/mol. The zero-order valence-corrected chi connectivity index (χ0v) is 24.0. The molecule has 0 spiro atoms. The van der Waals surface area contributed by atoms with Crippen LogP contribution >= 0.6 is 7.29 Å². The maximum absolute atomic E-state index is 12.0. The lowest BCUT2D eigenvalue weighted by Crippen LogP contribution is -2.21. The minimum absolute atomic E-state index is 0.0516. The minimum Gasteiger partial charge on any atom is -0.480 e. The van der Waals surface area contributed by atoms with Gasteiger partial charge in [-0.25, -0.2) is 15.0 Å². The van der Waals surface area contributed by atoms with E-state index in [1.165, 1.54) is 25.0 Å². The Hall–Kier alpha value is -3.21. The van der Waals surface area contributed by atoms with Gasteiger partial charge in [-0.05, 0) is 24.1 Å². The average Bonchev–Trinajstić information content (AvgIpc) is 3.56. The number of nitrogens with one attached hydrogen (secondary N) is 1. The molecule has 1 atom stereocenters. The number of nitrogens with two attached hydrogens (primary N) is 1. The molecule has 0 aliphatic carbocycles. The van der Waals surface area contributed by atoms with E-state index < -0.39 is 13.3 Å². The summed E-state index contributed by atoms with van der Waals surface area (Å²) in [6.45, 7) is 12.3. The van der Waals surface area contributed by atoms with Crippen LogP contribution in [-0.4, -0.2) is 63.6 Å². The lowest BCUT2D eigenvalue weighted by molar-refractivity contribution is -0.135. The van der Waals surface area contributed by atoms with E-state index in [1.54, 1.807) is 10.9 Å². The van der Waals surface area contributed by atoms with Gasteiger partial charge in [0.15, 0.2) is 30.3 Å². The Labute approximate surface area is 224 Å². The molecule has 4 N–H and O–H groups in total. The number of imidazole rings is 1. The molecule has 12 nitrogen and oxygen atoms in total. The van der Waals surface area contributed by atoms with Crippen molar-refractivity contribution >= 4 is 30.2 Å². The standard InChI is InChI=1S/C11H17N6O4P.C10H12O2.2C2H6/c1-22(20,16-4-8(18)19)7-21-3-2-17-6-15-9-10(12)13-5-14-11(9)17;1-2-3-8-4-5-9-10(6-8)12-7-11-9;2*1-2/h5-6H,2-4,7H2,1H3,(H,16,20)(H,18,19)(H2,12,13,14);4-6H,2-3,7H2,1H3;2*1-2H3. The molecular weight excluding hydrogens is 511 g/mol. The van der Waals surface area contributed by atoms with Crippen LogP contribution < -0.4 is 20.3 Å². The fourth-order valence-corrected chi connectivity index (χ4v) is 4.17. The Kier molecular flexibility index (Phi) is 15.0. The first-order chi connectivity index (χ1) is 18.3. The molecular formula is C25H41N6O6P. The molecule has 1 aliphatic heterocycles. The number of hydrogen-bond donors (Lipinski definition) is 3. The van der Waals surface area contributed by atoms with Gasteiger partial charge in [-0.15, -0.1) is 0 Å². The molecule has 1 aliphatic rings. The SMILES string of the molecule is CC.CC.CCCc1ccc2c(c1)OCO2.CP(=O)(COCCn1cnc2c(N)ncnc21)NCC(=O)O.